The second-order valence-corrected chi connectivity index (χ2v) is 6.24. The maximum atomic E-state index is 13.1. The molecule has 0 N–H and O–H groups in total. The predicted molar refractivity (Wildman–Crippen MR) is 101 cm³/mol. The van der Waals surface area contributed by atoms with Crippen LogP contribution in [0.25, 0.3) is 11.5 Å². The summed E-state index contributed by atoms with van der Waals surface area (Å²) in [5.74, 6) is -2.03. The molecule has 4 amide bonds. The highest BCUT2D eigenvalue weighted by Crippen LogP contribution is 2.32. The number of benzene rings is 2. The number of rotatable bonds is 6. The van der Waals surface area contributed by atoms with E-state index in [9.17, 15) is 18.8 Å². The van der Waals surface area contributed by atoms with Gasteiger partial charge in [-0.25, -0.2) is 19.0 Å². The van der Waals surface area contributed by atoms with E-state index in [0.717, 1.165) is 9.80 Å². The maximum absolute atomic E-state index is 13.1. The van der Waals surface area contributed by atoms with Crippen LogP contribution >= 0.6 is 0 Å². The molecule has 2 heterocycles. The summed E-state index contributed by atoms with van der Waals surface area (Å²) in [5.41, 5.74) is 0.642. The molecule has 1 saturated heterocycles. The Hall–Kier alpha value is -4.08. The standard InChI is InChI=1S/C20H15FN4O5/c1-2-29-15-6-4-3-5-14(15)25-19(27)18(26)24(20(25)28)11-16-22-17(30-23-16)12-7-9-13(21)10-8-12/h3-10H,2,11H2,1H3. The van der Waals surface area contributed by atoms with E-state index in [-0.39, 0.29) is 23.9 Å². The van der Waals surface area contributed by atoms with Gasteiger partial charge in [0.05, 0.1) is 18.8 Å². The van der Waals surface area contributed by atoms with Gasteiger partial charge in [-0.15, -0.1) is 0 Å². The number of amides is 4. The van der Waals surface area contributed by atoms with Gasteiger partial charge in [0.25, 0.3) is 5.89 Å². The van der Waals surface area contributed by atoms with Crippen LogP contribution in [0, 0.1) is 5.82 Å². The van der Waals surface area contributed by atoms with Crippen molar-refractivity contribution in [1.29, 1.82) is 0 Å². The number of imide groups is 2. The van der Waals surface area contributed by atoms with Crippen molar-refractivity contribution in [2.24, 2.45) is 0 Å². The highest BCUT2D eigenvalue weighted by atomic mass is 19.1. The van der Waals surface area contributed by atoms with Crippen LogP contribution in [0.1, 0.15) is 12.7 Å². The number of hydrogen-bond donors (Lipinski definition) is 0. The number of aromatic nitrogens is 2. The molecule has 4 rings (SSSR count). The number of nitrogens with zero attached hydrogens (tertiary/aromatic N) is 4. The Morgan fingerprint density at radius 3 is 2.50 bits per heavy atom. The van der Waals surface area contributed by atoms with Gasteiger partial charge in [-0.05, 0) is 43.3 Å². The Balaban J connectivity index is 1.58. The van der Waals surface area contributed by atoms with Crippen LogP contribution in [0.15, 0.2) is 53.1 Å². The highest BCUT2D eigenvalue weighted by molar-refractivity contribution is 6.52. The maximum Gasteiger partial charge on any atom is 0.339 e. The second kappa shape index (κ2) is 7.74. The molecule has 0 radical (unpaired) electrons. The molecule has 152 valence electrons. The van der Waals surface area contributed by atoms with Gasteiger partial charge >= 0.3 is 17.8 Å². The highest BCUT2D eigenvalue weighted by Gasteiger charge is 2.46. The van der Waals surface area contributed by atoms with Gasteiger partial charge in [0.15, 0.2) is 5.82 Å². The average molecular weight is 410 g/mol. The fourth-order valence-electron chi connectivity index (χ4n) is 2.95. The smallest absolute Gasteiger partial charge is 0.339 e. The van der Waals surface area contributed by atoms with Gasteiger partial charge < -0.3 is 9.26 Å². The number of carbonyl (C=O) groups excluding carboxylic acids is 3. The van der Waals surface area contributed by atoms with Gasteiger partial charge in [-0.1, -0.05) is 17.3 Å². The summed E-state index contributed by atoms with van der Waals surface area (Å²) >= 11 is 0. The first-order chi connectivity index (χ1) is 14.5. The first kappa shape index (κ1) is 19.2. The first-order valence-corrected chi connectivity index (χ1v) is 9.00. The van der Waals surface area contributed by atoms with Gasteiger partial charge in [-0.3, -0.25) is 9.59 Å². The molecule has 2 aromatic carbocycles. The van der Waals surface area contributed by atoms with E-state index in [1.54, 1.807) is 25.1 Å². The van der Waals surface area contributed by atoms with E-state index in [2.05, 4.69) is 10.1 Å². The van der Waals surface area contributed by atoms with Crippen LogP contribution in [0.3, 0.4) is 0 Å². The van der Waals surface area contributed by atoms with Crippen LogP contribution in [0.2, 0.25) is 0 Å². The molecular weight excluding hydrogens is 395 g/mol. The Kier molecular flexibility index (Phi) is 4.97. The van der Waals surface area contributed by atoms with Crippen molar-refractivity contribution >= 4 is 23.5 Å². The zero-order valence-electron chi connectivity index (χ0n) is 15.7. The quantitative estimate of drug-likeness (QED) is 0.454. The summed E-state index contributed by atoms with van der Waals surface area (Å²) < 4.78 is 23.6. The zero-order valence-corrected chi connectivity index (χ0v) is 15.7. The number of para-hydroxylation sites is 2. The summed E-state index contributed by atoms with van der Waals surface area (Å²) in [4.78, 5) is 43.3. The Morgan fingerprint density at radius 2 is 1.77 bits per heavy atom. The second-order valence-electron chi connectivity index (χ2n) is 6.24. The normalized spacial score (nSPS) is 14.0. The van der Waals surface area contributed by atoms with Crippen molar-refractivity contribution in [3.05, 3.63) is 60.2 Å². The molecule has 1 aromatic heterocycles. The van der Waals surface area contributed by atoms with Crippen molar-refractivity contribution < 1.29 is 28.0 Å². The number of urea groups is 1. The van der Waals surface area contributed by atoms with E-state index >= 15 is 0 Å². The molecule has 0 unspecified atom stereocenters. The lowest BCUT2D eigenvalue weighted by molar-refractivity contribution is -0.139. The monoisotopic (exact) mass is 410 g/mol. The molecule has 1 aliphatic rings. The van der Waals surface area contributed by atoms with Gasteiger partial charge in [-0.2, -0.15) is 4.98 Å². The van der Waals surface area contributed by atoms with E-state index in [0.29, 0.717) is 17.9 Å². The molecule has 0 bridgehead atoms. The minimum Gasteiger partial charge on any atom is -0.492 e. The van der Waals surface area contributed by atoms with E-state index < -0.39 is 23.7 Å². The average Bonchev–Trinajstić information content (AvgIpc) is 3.29. The van der Waals surface area contributed by atoms with E-state index in [1.165, 1.54) is 30.3 Å². The third kappa shape index (κ3) is 3.39. The molecule has 10 heteroatoms. The zero-order chi connectivity index (χ0) is 21.3. The van der Waals surface area contributed by atoms with Crippen LogP contribution in [-0.4, -0.2) is 39.5 Å². The molecule has 1 fully saturated rings. The van der Waals surface area contributed by atoms with Crippen molar-refractivity contribution in [3.8, 4) is 17.2 Å². The number of hydrogen-bond acceptors (Lipinski definition) is 7. The molecule has 1 aliphatic heterocycles. The minimum atomic E-state index is -1.01. The van der Waals surface area contributed by atoms with Crippen LogP contribution in [0.5, 0.6) is 5.75 Å². The van der Waals surface area contributed by atoms with Crippen LogP contribution in [0.4, 0.5) is 14.9 Å². The SMILES string of the molecule is CCOc1ccccc1N1C(=O)C(=O)N(Cc2noc(-c3ccc(F)cc3)n2)C1=O. The molecule has 0 aliphatic carbocycles. The lowest BCUT2D eigenvalue weighted by atomic mass is 10.2. The number of carbonyl (C=O) groups is 3. The molecule has 9 nitrogen and oxygen atoms in total. The van der Waals surface area contributed by atoms with Crippen molar-refractivity contribution in [2.75, 3.05) is 11.5 Å². The number of anilines is 1. The number of halogens is 1. The van der Waals surface area contributed by atoms with Crippen LogP contribution < -0.4 is 9.64 Å². The topological polar surface area (TPSA) is 106 Å². The lowest BCUT2D eigenvalue weighted by Crippen LogP contribution is -2.33. The summed E-state index contributed by atoms with van der Waals surface area (Å²) in [5, 5.41) is 3.74. The summed E-state index contributed by atoms with van der Waals surface area (Å²) in [6.07, 6.45) is 0. The fourth-order valence-corrected chi connectivity index (χ4v) is 2.95. The molecule has 0 atom stereocenters. The molecule has 0 saturated carbocycles. The summed E-state index contributed by atoms with van der Waals surface area (Å²) in [6.45, 7) is 1.72. The van der Waals surface area contributed by atoms with Gasteiger partial charge in [0.2, 0.25) is 0 Å². The lowest BCUT2D eigenvalue weighted by Gasteiger charge is -2.17. The van der Waals surface area contributed by atoms with E-state index in [4.69, 9.17) is 9.26 Å². The van der Waals surface area contributed by atoms with Gasteiger partial charge in [0, 0.05) is 5.56 Å². The largest absolute Gasteiger partial charge is 0.492 e. The Bertz CT molecular complexity index is 1130. The molecular formula is C20H15FN4O5. The fraction of sp³-hybridized carbons (Fsp3) is 0.150. The van der Waals surface area contributed by atoms with E-state index in [1.807, 2.05) is 0 Å². The number of ether oxygens (including phenoxy) is 1. The molecule has 3 aromatic rings. The van der Waals surface area contributed by atoms with Crippen molar-refractivity contribution in [3.63, 3.8) is 0 Å². The minimum absolute atomic E-state index is 0.0174. The van der Waals surface area contributed by atoms with Crippen LogP contribution in [-0.2, 0) is 16.1 Å². The van der Waals surface area contributed by atoms with Crippen molar-refractivity contribution in [2.45, 2.75) is 13.5 Å². The van der Waals surface area contributed by atoms with Gasteiger partial charge in [0.1, 0.15) is 11.6 Å². The Labute approximate surface area is 169 Å². The third-order valence-corrected chi connectivity index (χ3v) is 4.32. The summed E-state index contributed by atoms with van der Waals surface area (Å²) in [6, 6.07) is 11.0. The van der Waals surface area contributed by atoms with Crippen molar-refractivity contribution in [1.82, 2.24) is 15.0 Å². The first-order valence-electron chi connectivity index (χ1n) is 9.00. The third-order valence-electron chi connectivity index (χ3n) is 4.32. The molecule has 30 heavy (non-hydrogen) atoms. The molecule has 0 spiro atoms. The Morgan fingerprint density at radius 1 is 1.03 bits per heavy atom. The predicted octanol–water partition coefficient (Wildman–Crippen LogP) is 2.77. The summed E-state index contributed by atoms with van der Waals surface area (Å²) in [7, 11) is 0.